The van der Waals surface area contributed by atoms with E-state index in [4.69, 9.17) is 0 Å². The number of anilines is 1. The van der Waals surface area contributed by atoms with Gasteiger partial charge in [0.1, 0.15) is 5.82 Å². The van der Waals surface area contributed by atoms with Crippen LogP contribution in [0.5, 0.6) is 0 Å². The predicted octanol–water partition coefficient (Wildman–Crippen LogP) is 2.71. The minimum Gasteiger partial charge on any atom is -0.347 e. The summed E-state index contributed by atoms with van der Waals surface area (Å²) in [6, 6.07) is 15.5. The number of benzene rings is 2. The Morgan fingerprint density at radius 2 is 1.85 bits per heavy atom. The molecular formula is C20H20N4O2. The van der Waals surface area contributed by atoms with E-state index in [-0.39, 0.29) is 24.3 Å². The van der Waals surface area contributed by atoms with Crippen molar-refractivity contribution in [3.8, 4) is 11.4 Å². The fourth-order valence-corrected chi connectivity index (χ4v) is 2.97. The Morgan fingerprint density at radius 1 is 1.12 bits per heavy atom. The minimum absolute atomic E-state index is 0.00183. The van der Waals surface area contributed by atoms with Crippen LogP contribution in [0.1, 0.15) is 12.8 Å². The van der Waals surface area contributed by atoms with Crippen molar-refractivity contribution in [1.82, 2.24) is 14.9 Å². The highest BCUT2D eigenvalue weighted by Crippen LogP contribution is 2.28. The van der Waals surface area contributed by atoms with Gasteiger partial charge in [-0.3, -0.25) is 9.59 Å². The number of fused-ring (bicyclic) bond motifs is 1. The highest BCUT2D eigenvalue weighted by molar-refractivity contribution is 5.95. The number of carbonyl (C=O) groups excluding carboxylic acids is 2. The van der Waals surface area contributed by atoms with Crippen LogP contribution in [0, 0.1) is 5.92 Å². The van der Waals surface area contributed by atoms with E-state index in [0.717, 1.165) is 35.3 Å². The number of hydrogen-bond donors (Lipinski definition) is 2. The third-order valence-corrected chi connectivity index (χ3v) is 4.59. The molecule has 1 fully saturated rings. The smallest absolute Gasteiger partial charge is 0.243 e. The molecule has 1 aliphatic rings. The number of nitrogens with one attached hydrogen (secondary N) is 2. The number of amides is 2. The van der Waals surface area contributed by atoms with Crippen molar-refractivity contribution in [3.63, 3.8) is 0 Å². The average molecular weight is 348 g/mol. The Morgan fingerprint density at radius 3 is 2.54 bits per heavy atom. The number of aromatic nitrogens is 2. The molecule has 0 spiro atoms. The summed E-state index contributed by atoms with van der Waals surface area (Å²) in [5, 5.41) is 5.46. The fraction of sp³-hybridized carbons (Fsp3) is 0.250. The number of para-hydroxylation sites is 2. The van der Waals surface area contributed by atoms with Gasteiger partial charge in [0.05, 0.1) is 17.6 Å². The summed E-state index contributed by atoms with van der Waals surface area (Å²) in [5.41, 5.74) is 3.70. The molecular weight excluding hydrogens is 328 g/mol. The zero-order valence-corrected chi connectivity index (χ0v) is 14.5. The number of nitrogens with zero attached hydrogens (tertiary/aromatic N) is 2. The van der Waals surface area contributed by atoms with Gasteiger partial charge in [-0.1, -0.05) is 12.1 Å². The highest BCUT2D eigenvalue weighted by Gasteiger charge is 2.29. The zero-order valence-electron chi connectivity index (χ0n) is 14.5. The number of rotatable bonds is 5. The maximum Gasteiger partial charge on any atom is 0.243 e. The fourth-order valence-electron chi connectivity index (χ4n) is 2.97. The topological polar surface area (TPSA) is 76.0 Å². The van der Waals surface area contributed by atoms with E-state index >= 15 is 0 Å². The minimum atomic E-state index is -0.227. The Hall–Kier alpha value is -3.15. The summed E-state index contributed by atoms with van der Waals surface area (Å²) < 4.78 is 2.05. The van der Waals surface area contributed by atoms with Gasteiger partial charge >= 0.3 is 0 Å². The van der Waals surface area contributed by atoms with E-state index in [9.17, 15) is 9.59 Å². The van der Waals surface area contributed by atoms with E-state index in [2.05, 4.69) is 20.2 Å². The van der Waals surface area contributed by atoms with Gasteiger partial charge in [-0.15, -0.1) is 0 Å². The summed E-state index contributed by atoms with van der Waals surface area (Å²) in [5.74, 6) is 0.725. The lowest BCUT2D eigenvalue weighted by Gasteiger charge is -2.08. The first-order valence-electron chi connectivity index (χ1n) is 8.71. The maximum atomic E-state index is 11.9. The van der Waals surface area contributed by atoms with Crippen LogP contribution in [0.4, 0.5) is 5.69 Å². The summed E-state index contributed by atoms with van der Waals surface area (Å²) in [6.45, 7) is 0.00183. The van der Waals surface area contributed by atoms with Crippen molar-refractivity contribution in [3.05, 3.63) is 48.5 Å². The number of carbonyl (C=O) groups is 2. The van der Waals surface area contributed by atoms with E-state index in [1.165, 1.54) is 0 Å². The Bertz CT molecular complexity index is 971. The molecule has 3 aromatic rings. The van der Waals surface area contributed by atoms with Gasteiger partial charge in [0, 0.05) is 24.2 Å². The maximum absolute atomic E-state index is 11.9. The standard InChI is InChI=1S/C20H20N4O2/c1-24-17-5-3-2-4-16(17)23-19(24)13-8-10-15(11-9-13)22-18(25)12-21-20(26)14-6-7-14/h2-5,8-11,14H,6-7,12H2,1H3,(H,21,26)(H,22,25). The third kappa shape index (κ3) is 3.31. The molecule has 26 heavy (non-hydrogen) atoms. The predicted molar refractivity (Wildman–Crippen MR) is 101 cm³/mol. The van der Waals surface area contributed by atoms with Crippen LogP contribution in [0.3, 0.4) is 0 Å². The van der Waals surface area contributed by atoms with Crippen LogP contribution < -0.4 is 10.6 Å². The van der Waals surface area contributed by atoms with Gasteiger partial charge in [0.25, 0.3) is 0 Å². The van der Waals surface area contributed by atoms with Gasteiger partial charge in [-0.05, 0) is 49.2 Å². The molecule has 0 aliphatic heterocycles. The summed E-state index contributed by atoms with van der Waals surface area (Å²) in [4.78, 5) is 28.2. The van der Waals surface area contributed by atoms with Gasteiger partial charge < -0.3 is 15.2 Å². The average Bonchev–Trinajstić information content (AvgIpc) is 3.45. The van der Waals surface area contributed by atoms with Gasteiger partial charge in [0.2, 0.25) is 11.8 Å². The molecule has 1 aromatic heterocycles. The lowest BCUT2D eigenvalue weighted by Crippen LogP contribution is -2.33. The van der Waals surface area contributed by atoms with Crippen molar-refractivity contribution in [1.29, 1.82) is 0 Å². The van der Waals surface area contributed by atoms with Crippen molar-refractivity contribution in [2.24, 2.45) is 13.0 Å². The van der Waals surface area contributed by atoms with E-state index in [1.807, 2.05) is 55.6 Å². The molecule has 0 bridgehead atoms. The molecule has 6 heteroatoms. The summed E-state index contributed by atoms with van der Waals surface area (Å²) >= 11 is 0. The van der Waals surface area contributed by atoms with Crippen LogP contribution >= 0.6 is 0 Å². The van der Waals surface area contributed by atoms with E-state index < -0.39 is 0 Å². The molecule has 4 rings (SSSR count). The van der Waals surface area contributed by atoms with Crippen LogP contribution in [-0.4, -0.2) is 27.9 Å². The summed E-state index contributed by atoms with van der Waals surface area (Å²) in [7, 11) is 1.99. The van der Waals surface area contributed by atoms with E-state index in [1.54, 1.807) is 0 Å². The molecule has 1 heterocycles. The number of aryl methyl sites for hydroxylation is 1. The molecule has 2 N–H and O–H groups in total. The normalized spacial score (nSPS) is 13.6. The SMILES string of the molecule is Cn1c(-c2ccc(NC(=O)CNC(=O)C3CC3)cc2)nc2ccccc21. The van der Waals surface area contributed by atoms with E-state index in [0.29, 0.717) is 5.69 Å². The Labute approximate surface area is 151 Å². The highest BCUT2D eigenvalue weighted by atomic mass is 16.2. The van der Waals surface area contributed by atoms with Crippen molar-refractivity contribution < 1.29 is 9.59 Å². The van der Waals surface area contributed by atoms with Crippen LogP contribution in [-0.2, 0) is 16.6 Å². The molecule has 132 valence electrons. The third-order valence-electron chi connectivity index (χ3n) is 4.59. The molecule has 0 unspecified atom stereocenters. The van der Waals surface area contributed by atoms with Gasteiger partial charge in [0.15, 0.2) is 0 Å². The van der Waals surface area contributed by atoms with Gasteiger partial charge in [-0.2, -0.15) is 0 Å². The first kappa shape index (κ1) is 16.3. The molecule has 2 amide bonds. The Balaban J connectivity index is 1.43. The summed E-state index contributed by atoms with van der Waals surface area (Å²) in [6.07, 6.45) is 1.86. The lowest BCUT2D eigenvalue weighted by atomic mass is 10.2. The zero-order chi connectivity index (χ0) is 18.1. The quantitative estimate of drug-likeness (QED) is 0.744. The van der Waals surface area contributed by atoms with Crippen LogP contribution in [0.25, 0.3) is 22.4 Å². The monoisotopic (exact) mass is 348 g/mol. The molecule has 6 nitrogen and oxygen atoms in total. The largest absolute Gasteiger partial charge is 0.347 e. The second-order valence-electron chi connectivity index (χ2n) is 6.60. The lowest BCUT2D eigenvalue weighted by molar-refractivity contribution is -0.125. The van der Waals surface area contributed by atoms with Crippen LogP contribution in [0.15, 0.2) is 48.5 Å². The number of hydrogen-bond acceptors (Lipinski definition) is 3. The second-order valence-corrected chi connectivity index (χ2v) is 6.60. The first-order valence-corrected chi connectivity index (χ1v) is 8.71. The van der Waals surface area contributed by atoms with Gasteiger partial charge in [-0.25, -0.2) is 4.98 Å². The second kappa shape index (κ2) is 6.63. The molecule has 0 radical (unpaired) electrons. The molecule has 1 aliphatic carbocycles. The van der Waals surface area contributed by atoms with Crippen LogP contribution in [0.2, 0.25) is 0 Å². The number of imidazole rings is 1. The molecule has 0 atom stereocenters. The molecule has 1 saturated carbocycles. The molecule has 0 saturated heterocycles. The van der Waals surface area contributed by atoms with Crippen molar-refractivity contribution in [2.45, 2.75) is 12.8 Å². The van der Waals surface area contributed by atoms with Crippen molar-refractivity contribution in [2.75, 3.05) is 11.9 Å². The van der Waals surface area contributed by atoms with Crippen molar-refractivity contribution >= 4 is 28.5 Å². The molecule has 2 aromatic carbocycles. The Kier molecular flexibility index (Phi) is 4.16. The first-order chi connectivity index (χ1) is 12.6.